The zero-order chi connectivity index (χ0) is 21.7. The van der Waals surface area contributed by atoms with E-state index in [0.29, 0.717) is 5.69 Å². The number of amides is 1. The smallest absolute Gasteiger partial charge is 0.260 e. The molecule has 0 radical (unpaired) electrons. The molecule has 0 unspecified atom stereocenters. The van der Waals surface area contributed by atoms with Gasteiger partial charge in [0.05, 0.1) is 18.2 Å². The lowest BCUT2D eigenvalue weighted by atomic mass is 10.1. The molecule has 1 amide bonds. The van der Waals surface area contributed by atoms with E-state index in [4.69, 9.17) is 4.74 Å². The molecule has 1 fully saturated rings. The molecule has 1 aliphatic heterocycles. The number of nitrogens with zero attached hydrogens (tertiary/aromatic N) is 2. The summed E-state index contributed by atoms with van der Waals surface area (Å²) in [5, 5.41) is 3.96. The molecule has 1 N–H and O–H groups in total. The third-order valence-electron chi connectivity index (χ3n) is 4.70. The summed E-state index contributed by atoms with van der Waals surface area (Å²) in [6.07, 6.45) is 2.83. The summed E-state index contributed by atoms with van der Waals surface area (Å²) >= 11 is 1.85. The number of nitrogens with one attached hydrogen (secondary N) is 1. The minimum atomic E-state index is -3.64. The summed E-state index contributed by atoms with van der Waals surface area (Å²) in [7, 11) is -3.64. The van der Waals surface area contributed by atoms with Crippen LogP contribution in [0.15, 0.2) is 47.6 Å². The van der Waals surface area contributed by atoms with Crippen molar-refractivity contribution in [2.24, 2.45) is 5.10 Å². The van der Waals surface area contributed by atoms with Gasteiger partial charge in [-0.25, -0.2) is 13.8 Å². The molecule has 1 aliphatic rings. The van der Waals surface area contributed by atoms with Gasteiger partial charge in [0.25, 0.3) is 5.91 Å². The molecule has 0 atom stereocenters. The number of hydrogen-bond acceptors (Lipinski definition) is 6. The van der Waals surface area contributed by atoms with Crippen LogP contribution in [0.2, 0.25) is 0 Å². The van der Waals surface area contributed by atoms with Gasteiger partial charge in [-0.15, -0.1) is 0 Å². The number of hydrogen-bond donors (Lipinski definition) is 1. The lowest BCUT2D eigenvalue weighted by Gasteiger charge is -2.25. The zero-order valence-corrected chi connectivity index (χ0v) is 18.8. The Hall–Kier alpha value is -2.52. The van der Waals surface area contributed by atoms with Gasteiger partial charge in [0.1, 0.15) is 18.4 Å². The van der Waals surface area contributed by atoms with Crippen LogP contribution in [0.25, 0.3) is 0 Å². The SMILES string of the molecule is Cc1cccc(N(CC(=O)N/N=C\c2cccc(OC3CSC3)c2)S(C)(=O)=O)c1C. The van der Waals surface area contributed by atoms with Crippen LogP contribution >= 0.6 is 11.8 Å². The van der Waals surface area contributed by atoms with Crippen LogP contribution in [-0.4, -0.2) is 50.9 Å². The molecule has 2 aromatic carbocycles. The Morgan fingerprint density at radius 2 is 2.00 bits per heavy atom. The van der Waals surface area contributed by atoms with E-state index in [-0.39, 0.29) is 12.6 Å². The minimum Gasteiger partial charge on any atom is -0.489 e. The van der Waals surface area contributed by atoms with E-state index in [1.165, 1.54) is 6.21 Å². The van der Waals surface area contributed by atoms with Crippen molar-refractivity contribution < 1.29 is 17.9 Å². The molecule has 0 aromatic heterocycles. The number of carbonyl (C=O) groups excluding carboxylic acids is 1. The molecule has 0 spiro atoms. The number of anilines is 1. The highest BCUT2D eigenvalue weighted by Gasteiger charge is 2.23. The average molecular weight is 448 g/mol. The van der Waals surface area contributed by atoms with Crippen molar-refractivity contribution in [3.8, 4) is 5.75 Å². The van der Waals surface area contributed by atoms with Gasteiger partial charge in [-0.05, 0) is 48.7 Å². The highest BCUT2D eigenvalue weighted by Crippen LogP contribution is 2.25. The van der Waals surface area contributed by atoms with Gasteiger partial charge >= 0.3 is 0 Å². The molecule has 9 heteroatoms. The van der Waals surface area contributed by atoms with E-state index in [2.05, 4.69) is 10.5 Å². The Kier molecular flexibility index (Phi) is 7.04. The number of aryl methyl sites for hydroxylation is 1. The van der Waals surface area contributed by atoms with Crippen molar-refractivity contribution >= 4 is 39.6 Å². The zero-order valence-electron chi connectivity index (χ0n) is 17.2. The van der Waals surface area contributed by atoms with E-state index in [9.17, 15) is 13.2 Å². The van der Waals surface area contributed by atoms with Crippen LogP contribution in [0.5, 0.6) is 5.75 Å². The first-order valence-corrected chi connectivity index (χ1v) is 12.4. The fourth-order valence-corrected chi connectivity index (χ4v) is 4.35. The molecular formula is C21H25N3O4S2. The Morgan fingerprint density at radius 1 is 1.27 bits per heavy atom. The number of carbonyl (C=O) groups is 1. The molecule has 7 nitrogen and oxygen atoms in total. The molecule has 2 aromatic rings. The molecule has 3 rings (SSSR count). The quantitative estimate of drug-likeness (QED) is 0.497. The van der Waals surface area contributed by atoms with Crippen molar-refractivity contribution in [3.05, 3.63) is 59.2 Å². The Bertz CT molecular complexity index is 1050. The first kappa shape index (κ1) is 22.2. The second kappa shape index (κ2) is 9.53. The molecule has 0 aliphatic carbocycles. The average Bonchev–Trinajstić information content (AvgIpc) is 2.65. The van der Waals surface area contributed by atoms with Crippen LogP contribution < -0.4 is 14.5 Å². The maximum Gasteiger partial charge on any atom is 0.260 e. The van der Waals surface area contributed by atoms with Crippen molar-refractivity contribution in [1.29, 1.82) is 0 Å². The summed E-state index contributed by atoms with van der Waals surface area (Å²) in [6.45, 7) is 3.37. The monoisotopic (exact) mass is 447 g/mol. The number of benzene rings is 2. The van der Waals surface area contributed by atoms with Crippen molar-refractivity contribution in [2.45, 2.75) is 20.0 Å². The molecular weight excluding hydrogens is 422 g/mol. The molecule has 1 saturated heterocycles. The number of rotatable bonds is 8. The van der Waals surface area contributed by atoms with E-state index >= 15 is 0 Å². The predicted molar refractivity (Wildman–Crippen MR) is 122 cm³/mol. The van der Waals surface area contributed by atoms with Crippen LogP contribution in [0.1, 0.15) is 16.7 Å². The third kappa shape index (κ3) is 5.76. The molecule has 160 valence electrons. The Morgan fingerprint density at radius 3 is 2.67 bits per heavy atom. The molecule has 1 heterocycles. The highest BCUT2D eigenvalue weighted by molar-refractivity contribution is 8.00. The summed E-state index contributed by atoms with van der Waals surface area (Å²) in [6, 6.07) is 12.8. The highest BCUT2D eigenvalue weighted by atomic mass is 32.2. The topological polar surface area (TPSA) is 88.1 Å². The number of ether oxygens (including phenoxy) is 1. The first-order chi connectivity index (χ1) is 14.2. The minimum absolute atomic E-state index is 0.244. The normalized spacial score (nSPS) is 14.4. The summed E-state index contributed by atoms with van der Waals surface area (Å²) < 4.78 is 31.5. The van der Waals surface area contributed by atoms with Crippen LogP contribution in [0.3, 0.4) is 0 Å². The second-order valence-electron chi connectivity index (χ2n) is 7.13. The number of sulfonamides is 1. The van der Waals surface area contributed by atoms with Gasteiger partial charge in [0.2, 0.25) is 10.0 Å². The van der Waals surface area contributed by atoms with Crippen molar-refractivity contribution in [2.75, 3.05) is 28.6 Å². The second-order valence-corrected chi connectivity index (χ2v) is 10.1. The third-order valence-corrected chi connectivity index (χ3v) is 7.04. The van der Waals surface area contributed by atoms with Crippen LogP contribution in [-0.2, 0) is 14.8 Å². The standard InChI is InChI=1S/C21H25N3O4S2/c1-15-6-4-9-20(16(15)2)24(30(3,26)27)12-21(25)23-22-11-17-7-5-8-18(10-17)28-19-13-29-14-19/h4-11,19H,12-14H2,1-3H3,(H,23,25)/b22-11-. The van der Waals surface area contributed by atoms with E-state index < -0.39 is 15.9 Å². The lowest BCUT2D eigenvalue weighted by Crippen LogP contribution is -2.39. The number of hydrazone groups is 1. The van der Waals surface area contributed by atoms with Crippen LogP contribution in [0, 0.1) is 13.8 Å². The Labute approximate surface area is 181 Å². The fourth-order valence-electron chi connectivity index (χ4n) is 2.87. The van der Waals surface area contributed by atoms with Gasteiger partial charge < -0.3 is 4.74 Å². The molecule has 0 bridgehead atoms. The molecule has 30 heavy (non-hydrogen) atoms. The van der Waals surface area contributed by atoms with Gasteiger partial charge in [-0.2, -0.15) is 16.9 Å². The van der Waals surface area contributed by atoms with Crippen LogP contribution in [0.4, 0.5) is 5.69 Å². The van der Waals surface area contributed by atoms with E-state index in [1.807, 2.05) is 55.9 Å². The summed E-state index contributed by atoms with van der Waals surface area (Å²) in [4.78, 5) is 12.4. The Balaban J connectivity index is 1.64. The maximum absolute atomic E-state index is 12.4. The first-order valence-electron chi connectivity index (χ1n) is 9.44. The van der Waals surface area contributed by atoms with Gasteiger partial charge in [-0.3, -0.25) is 9.10 Å². The summed E-state index contributed by atoms with van der Waals surface area (Å²) in [5.41, 5.74) is 5.41. The molecule has 0 saturated carbocycles. The fraction of sp³-hybridized carbons (Fsp3) is 0.333. The largest absolute Gasteiger partial charge is 0.489 e. The van der Waals surface area contributed by atoms with Gasteiger partial charge in [0, 0.05) is 11.5 Å². The van der Waals surface area contributed by atoms with Gasteiger partial charge in [0.15, 0.2) is 0 Å². The number of thioether (sulfide) groups is 1. The van der Waals surface area contributed by atoms with Crippen molar-refractivity contribution in [3.63, 3.8) is 0 Å². The van der Waals surface area contributed by atoms with Gasteiger partial charge in [-0.1, -0.05) is 24.3 Å². The maximum atomic E-state index is 12.4. The van der Waals surface area contributed by atoms with E-state index in [1.54, 1.807) is 12.1 Å². The predicted octanol–water partition coefficient (Wildman–Crippen LogP) is 2.71. The van der Waals surface area contributed by atoms with E-state index in [0.717, 1.165) is 44.5 Å². The lowest BCUT2D eigenvalue weighted by molar-refractivity contribution is -0.119. The summed E-state index contributed by atoms with van der Waals surface area (Å²) in [5.74, 6) is 2.21. The van der Waals surface area contributed by atoms with Crippen molar-refractivity contribution in [1.82, 2.24) is 5.43 Å².